The first-order valence-corrected chi connectivity index (χ1v) is 9.75. The second kappa shape index (κ2) is 8.45. The highest BCUT2D eigenvalue weighted by molar-refractivity contribution is 6.02. The van der Waals surface area contributed by atoms with Gasteiger partial charge in [-0.3, -0.25) is 4.79 Å². The quantitative estimate of drug-likeness (QED) is 0.324. The minimum absolute atomic E-state index is 0.00627. The minimum atomic E-state index is -1.68. The number of ketones is 1. The molecule has 32 heavy (non-hydrogen) atoms. The summed E-state index contributed by atoms with van der Waals surface area (Å²) in [7, 11) is 0. The summed E-state index contributed by atoms with van der Waals surface area (Å²) in [5, 5.41) is 69.0. The number of phenols is 3. The smallest absolute Gasteiger partial charge is 0.229 e. The molecule has 0 radical (unpaired) electrons. The summed E-state index contributed by atoms with van der Waals surface area (Å²) < 4.78 is 16.5. The van der Waals surface area contributed by atoms with E-state index in [9.17, 15) is 40.5 Å². The molecule has 2 aromatic rings. The Bertz CT molecular complexity index is 1020. The molecule has 4 rings (SSSR count). The van der Waals surface area contributed by atoms with E-state index in [4.69, 9.17) is 14.2 Å². The lowest BCUT2D eigenvalue weighted by atomic mass is 9.95. The summed E-state index contributed by atoms with van der Waals surface area (Å²) in [5.41, 5.74) is 0.347. The molecule has 7 N–H and O–H groups in total. The predicted octanol–water partition coefficient (Wildman–Crippen LogP) is -0.311. The number of rotatable bonds is 4. The Labute approximate surface area is 181 Å². The van der Waals surface area contributed by atoms with Crippen LogP contribution in [0.1, 0.15) is 28.4 Å². The van der Waals surface area contributed by atoms with Crippen molar-refractivity contribution in [1.82, 2.24) is 0 Å². The van der Waals surface area contributed by atoms with Crippen molar-refractivity contribution in [2.24, 2.45) is 0 Å². The van der Waals surface area contributed by atoms with Crippen LogP contribution in [0.25, 0.3) is 0 Å². The van der Waals surface area contributed by atoms with Gasteiger partial charge in [0, 0.05) is 12.1 Å². The number of phenolic OH excluding ortho intramolecular Hbond substituents is 3. The monoisotopic (exact) mass is 450 g/mol. The summed E-state index contributed by atoms with van der Waals surface area (Å²) in [4.78, 5) is 12.5. The van der Waals surface area contributed by atoms with Gasteiger partial charge in [-0.25, -0.2) is 0 Å². The second-order valence-electron chi connectivity index (χ2n) is 7.61. The number of fused-ring (bicyclic) bond motifs is 1. The van der Waals surface area contributed by atoms with Gasteiger partial charge >= 0.3 is 0 Å². The van der Waals surface area contributed by atoms with Gasteiger partial charge in [0.1, 0.15) is 53.3 Å². The molecular formula is C21H22O11. The van der Waals surface area contributed by atoms with Gasteiger partial charge in [0.25, 0.3) is 0 Å². The maximum Gasteiger partial charge on any atom is 0.229 e. The van der Waals surface area contributed by atoms with Crippen LogP contribution >= 0.6 is 0 Å². The van der Waals surface area contributed by atoms with Crippen molar-refractivity contribution in [3.8, 4) is 28.7 Å². The largest absolute Gasteiger partial charge is 0.508 e. The molecule has 0 saturated carbocycles. The number of aromatic hydroxyl groups is 3. The van der Waals surface area contributed by atoms with Crippen LogP contribution in [0.5, 0.6) is 28.7 Å². The predicted molar refractivity (Wildman–Crippen MR) is 105 cm³/mol. The lowest BCUT2D eigenvalue weighted by Crippen LogP contribution is -2.60. The number of hydrogen-bond acceptors (Lipinski definition) is 11. The lowest BCUT2D eigenvalue weighted by Gasteiger charge is -2.39. The maximum absolute atomic E-state index is 12.5. The van der Waals surface area contributed by atoms with Crippen molar-refractivity contribution in [3.05, 3.63) is 41.5 Å². The Balaban J connectivity index is 1.59. The Kier molecular flexibility index (Phi) is 5.84. The van der Waals surface area contributed by atoms with Gasteiger partial charge in [0.05, 0.1) is 13.0 Å². The molecule has 2 aliphatic rings. The summed E-state index contributed by atoms with van der Waals surface area (Å²) in [6, 6.07) is 6.31. The van der Waals surface area contributed by atoms with Gasteiger partial charge < -0.3 is 50.0 Å². The number of ether oxygens (including phenoxy) is 3. The molecule has 172 valence electrons. The molecular weight excluding hydrogens is 428 g/mol. The van der Waals surface area contributed by atoms with Crippen molar-refractivity contribution in [2.45, 2.75) is 43.2 Å². The van der Waals surface area contributed by atoms with E-state index in [1.807, 2.05) is 0 Å². The van der Waals surface area contributed by atoms with Crippen molar-refractivity contribution in [3.63, 3.8) is 0 Å². The number of carbonyl (C=O) groups excluding carboxylic acids is 1. The molecule has 11 nitrogen and oxygen atoms in total. The highest BCUT2D eigenvalue weighted by Crippen LogP contribution is 2.43. The van der Waals surface area contributed by atoms with Crippen LogP contribution in [0, 0.1) is 0 Å². The molecule has 2 aliphatic heterocycles. The topological polar surface area (TPSA) is 186 Å². The molecule has 0 bridgehead atoms. The highest BCUT2D eigenvalue weighted by atomic mass is 16.7. The van der Waals surface area contributed by atoms with Gasteiger partial charge in [0.15, 0.2) is 17.3 Å². The molecule has 0 spiro atoms. The van der Waals surface area contributed by atoms with Gasteiger partial charge in [0.2, 0.25) is 6.29 Å². The van der Waals surface area contributed by atoms with Crippen LogP contribution in [0.4, 0.5) is 0 Å². The third-order valence-electron chi connectivity index (χ3n) is 5.43. The van der Waals surface area contributed by atoms with Crippen LogP contribution < -0.4 is 9.47 Å². The van der Waals surface area contributed by atoms with Crippen molar-refractivity contribution >= 4 is 5.78 Å². The fraction of sp³-hybridized carbons (Fsp3) is 0.381. The molecule has 6 unspecified atom stereocenters. The Morgan fingerprint density at radius 3 is 2.44 bits per heavy atom. The van der Waals surface area contributed by atoms with Gasteiger partial charge in [-0.15, -0.1) is 0 Å². The Hall–Kier alpha value is -3.09. The zero-order valence-electron chi connectivity index (χ0n) is 16.5. The summed E-state index contributed by atoms with van der Waals surface area (Å²) in [6.45, 7) is -0.645. The molecule has 1 saturated heterocycles. The van der Waals surface area contributed by atoms with Crippen LogP contribution in [-0.2, 0) is 4.74 Å². The number of aliphatic hydroxyl groups is 4. The minimum Gasteiger partial charge on any atom is -0.508 e. The third-order valence-corrected chi connectivity index (χ3v) is 5.43. The van der Waals surface area contributed by atoms with Crippen LogP contribution in [0.2, 0.25) is 0 Å². The summed E-state index contributed by atoms with van der Waals surface area (Å²) in [5.74, 6) is -1.63. The summed E-state index contributed by atoms with van der Waals surface area (Å²) >= 11 is 0. The van der Waals surface area contributed by atoms with Crippen molar-refractivity contribution in [2.75, 3.05) is 6.61 Å². The van der Waals surface area contributed by atoms with E-state index in [1.54, 1.807) is 0 Å². The van der Waals surface area contributed by atoms with E-state index in [0.29, 0.717) is 5.56 Å². The SMILES string of the molecule is O=C1CC(c2ccc(O)c(OC3OC(CO)C(O)C(O)C3O)c2)Oc2cc(O)cc(O)c21. The van der Waals surface area contributed by atoms with Gasteiger partial charge in [-0.05, 0) is 17.7 Å². The molecule has 2 heterocycles. The number of benzene rings is 2. The first-order valence-electron chi connectivity index (χ1n) is 9.75. The lowest BCUT2D eigenvalue weighted by molar-refractivity contribution is -0.277. The average molecular weight is 450 g/mol. The zero-order valence-corrected chi connectivity index (χ0v) is 16.5. The number of hydrogen-bond donors (Lipinski definition) is 7. The molecule has 11 heteroatoms. The van der Waals surface area contributed by atoms with Crippen LogP contribution in [-0.4, -0.2) is 78.8 Å². The van der Waals surface area contributed by atoms with Gasteiger partial charge in [-0.2, -0.15) is 0 Å². The Morgan fingerprint density at radius 1 is 0.969 bits per heavy atom. The van der Waals surface area contributed by atoms with Crippen molar-refractivity contribution < 1.29 is 54.8 Å². The highest BCUT2D eigenvalue weighted by Gasteiger charge is 2.45. The van der Waals surface area contributed by atoms with Crippen LogP contribution in [0.3, 0.4) is 0 Å². The summed E-state index contributed by atoms with van der Waals surface area (Å²) in [6.07, 6.45) is -8.60. The van der Waals surface area contributed by atoms with Crippen LogP contribution in [0.15, 0.2) is 30.3 Å². The standard InChI is InChI=1S/C21H22O11/c22-7-16-18(27)19(28)20(29)21(32-16)31-14-3-8(1-2-10(14)24)13-6-12(26)17-11(25)4-9(23)5-15(17)30-13/h1-5,13,16,18-25,27-29H,6-7H2. The van der Waals surface area contributed by atoms with E-state index in [2.05, 4.69) is 0 Å². The number of Topliss-reactive ketones (excluding diaryl/α,β-unsaturated/α-hetero) is 1. The fourth-order valence-corrected chi connectivity index (χ4v) is 3.73. The first-order chi connectivity index (χ1) is 15.2. The van der Waals surface area contributed by atoms with E-state index < -0.39 is 54.9 Å². The van der Waals surface area contributed by atoms with E-state index in [-0.39, 0.29) is 35.0 Å². The van der Waals surface area contributed by atoms with Crippen molar-refractivity contribution in [1.29, 1.82) is 0 Å². The third kappa shape index (κ3) is 3.92. The van der Waals surface area contributed by atoms with E-state index in [0.717, 1.165) is 6.07 Å². The van der Waals surface area contributed by atoms with E-state index >= 15 is 0 Å². The molecule has 6 atom stereocenters. The fourth-order valence-electron chi connectivity index (χ4n) is 3.73. The van der Waals surface area contributed by atoms with E-state index in [1.165, 1.54) is 24.3 Å². The maximum atomic E-state index is 12.5. The Morgan fingerprint density at radius 2 is 1.72 bits per heavy atom. The number of aliphatic hydroxyl groups excluding tert-OH is 4. The molecule has 1 fully saturated rings. The molecule has 0 aromatic heterocycles. The zero-order chi connectivity index (χ0) is 23.2. The molecule has 0 amide bonds. The van der Waals surface area contributed by atoms with Gasteiger partial charge in [-0.1, -0.05) is 6.07 Å². The second-order valence-corrected chi connectivity index (χ2v) is 7.61. The number of carbonyl (C=O) groups is 1. The first kappa shape index (κ1) is 22.1. The molecule has 0 aliphatic carbocycles. The molecule has 2 aromatic carbocycles. The normalized spacial score (nSPS) is 29.8. The average Bonchev–Trinajstić information content (AvgIpc) is 2.74.